The number of ether oxygens (including phenoxy) is 1. The first-order chi connectivity index (χ1) is 18.8. The smallest absolute Gasteiger partial charge is 0.416 e. The Morgan fingerprint density at radius 1 is 1.07 bits per heavy atom. The van der Waals surface area contributed by atoms with Crippen LogP contribution in [0.25, 0.3) is 10.9 Å². The van der Waals surface area contributed by atoms with Crippen LogP contribution in [-0.4, -0.2) is 42.0 Å². The number of methoxy groups -OCH3 is 1. The van der Waals surface area contributed by atoms with Crippen molar-refractivity contribution in [2.24, 2.45) is 0 Å². The molecule has 0 saturated heterocycles. The molecule has 1 heterocycles. The third-order valence-electron chi connectivity index (χ3n) is 6.36. The molecule has 0 aliphatic carbocycles. The van der Waals surface area contributed by atoms with Crippen LogP contribution >= 0.6 is 0 Å². The fraction of sp³-hybridized carbons (Fsp3) is 0.276. The Morgan fingerprint density at radius 2 is 1.82 bits per heavy atom. The Hall–Kier alpha value is -4.54. The molecule has 0 radical (unpaired) electrons. The third-order valence-corrected chi connectivity index (χ3v) is 6.36. The highest BCUT2D eigenvalue weighted by Crippen LogP contribution is 2.35. The van der Waals surface area contributed by atoms with Crippen molar-refractivity contribution in [1.82, 2.24) is 14.9 Å². The lowest BCUT2D eigenvalue weighted by Gasteiger charge is -2.19. The maximum absolute atomic E-state index is 13.4. The number of nitrogens with two attached hydrogens (primary N) is 1. The van der Waals surface area contributed by atoms with Crippen LogP contribution in [0.2, 0.25) is 0 Å². The molecule has 40 heavy (non-hydrogen) atoms. The number of nitrogens with zero attached hydrogens (tertiary/aromatic N) is 3. The van der Waals surface area contributed by atoms with Gasteiger partial charge in [0.15, 0.2) is 0 Å². The number of rotatable bonds is 8. The average Bonchev–Trinajstić information content (AvgIpc) is 2.88. The van der Waals surface area contributed by atoms with E-state index in [1.165, 1.54) is 11.0 Å². The number of nitrogen functional groups attached to an aromatic ring is 1. The number of benzene rings is 3. The van der Waals surface area contributed by atoms with Gasteiger partial charge in [-0.2, -0.15) is 13.2 Å². The highest BCUT2D eigenvalue weighted by atomic mass is 19.4. The van der Waals surface area contributed by atoms with Crippen molar-refractivity contribution in [1.29, 1.82) is 0 Å². The van der Waals surface area contributed by atoms with Crippen molar-refractivity contribution in [3.8, 4) is 5.75 Å². The molecule has 0 aliphatic rings. The molecular formula is C29H31F3N6O2. The van der Waals surface area contributed by atoms with Crippen molar-refractivity contribution < 1.29 is 22.7 Å². The molecule has 3 aromatic carbocycles. The van der Waals surface area contributed by atoms with E-state index in [1.807, 2.05) is 30.3 Å². The lowest BCUT2D eigenvalue weighted by molar-refractivity contribution is -0.137. The summed E-state index contributed by atoms with van der Waals surface area (Å²) < 4.78 is 45.6. The number of aryl methyl sites for hydroxylation is 1. The van der Waals surface area contributed by atoms with E-state index >= 15 is 0 Å². The minimum atomic E-state index is -4.51. The van der Waals surface area contributed by atoms with Gasteiger partial charge in [-0.05, 0) is 73.5 Å². The summed E-state index contributed by atoms with van der Waals surface area (Å²) in [5, 5.41) is 7.24. The van der Waals surface area contributed by atoms with Crippen molar-refractivity contribution in [2.45, 2.75) is 32.5 Å². The summed E-state index contributed by atoms with van der Waals surface area (Å²) in [4.78, 5) is 22.8. The lowest BCUT2D eigenvalue weighted by atomic mass is 10.0. The number of alkyl halides is 3. The van der Waals surface area contributed by atoms with E-state index < -0.39 is 17.8 Å². The van der Waals surface area contributed by atoms with E-state index in [1.54, 1.807) is 41.1 Å². The zero-order valence-corrected chi connectivity index (χ0v) is 22.8. The van der Waals surface area contributed by atoms with Crippen LogP contribution in [0, 0.1) is 6.92 Å². The number of carbonyl (C=O) groups is 1. The number of hydrogen-bond donors (Lipinski definition) is 3. The maximum atomic E-state index is 13.4. The molecule has 4 N–H and O–H groups in total. The highest BCUT2D eigenvalue weighted by Gasteiger charge is 2.31. The fourth-order valence-electron chi connectivity index (χ4n) is 4.26. The Balaban J connectivity index is 1.67. The maximum Gasteiger partial charge on any atom is 0.416 e. The molecule has 1 aromatic heterocycles. The first-order valence-electron chi connectivity index (χ1n) is 12.5. The van der Waals surface area contributed by atoms with Crippen molar-refractivity contribution in [2.75, 3.05) is 37.6 Å². The van der Waals surface area contributed by atoms with Crippen LogP contribution in [0.3, 0.4) is 0 Å². The van der Waals surface area contributed by atoms with Crippen molar-refractivity contribution >= 4 is 39.7 Å². The molecule has 0 fully saturated rings. The minimum absolute atomic E-state index is 0.0251. The second-order valence-corrected chi connectivity index (χ2v) is 9.73. The largest absolute Gasteiger partial charge is 0.495 e. The van der Waals surface area contributed by atoms with Gasteiger partial charge in [0.1, 0.15) is 17.4 Å². The Morgan fingerprint density at radius 3 is 2.50 bits per heavy atom. The Kier molecular flexibility index (Phi) is 8.03. The molecule has 0 spiro atoms. The Bertz CT molecular complexity index is 1560. The normalized spacial score (nSPS) is 12.2. The monoisotopic (exact) mass is 552 g/mol. The van der Waals surface area contributed by atoms with Gasteiger partial charge in [-0.25, -0.2) is 9.97 Å². The average molecular weight is 553 g/mol. The number of anilines is 4. The van der Waals surface area contributed by atoms with Gasteiger partial charge in [0.2, 0.25) is 5.91 Å². The zero-order valence-electron chi connectivity index (χ0n) is 22.8. The summed E-state index contributed by atoms with van der Waals surface area (Å²) in [6.45, 7) is 3.49. The number of halogens is 3. The number of aromatic nitrogens is 2. The van der Waals surface area contributed by atoms with Gasteiger partial charge in [-0.1, -0.05) is 6.07 Å². The third kappa shape index (κ3) is 6.53. The van der Waals surface area contributed by atoms with Crippen molar-refractivity contribution in [3.63, 3.8) is 0 Å². The standard InChI is InChI=1S/C29H31F3N6O2/c1-16(19-12-20(29(30,31)32)14-21(33)13-19)34-28-23-15-22(7-8-24(23)35-17(2)36-28)37-25-10-18(6-9-26(25)40-5)11-27(39)38(3)4/h6-10,12-16,37H,11,33H2,1-5H3,(H,34,35,36)/t16-/m1/s1. The van der Waals surface area contributed by atoms with Crippen LogP contribution in [0.4, 0.5) is 36.1 Å². The molecule has 0 bridgehead atoms. The van der Waals surface area contributed by atoms with Gasteiger partial charge in [-0.3, -0.25) is 4.79 Å². The van der Waals surface area contributed by atoms with Gasteiger partial charge in [0.25, 0.3) is 0 Å². The van der Waals surface area contributed by atoms with E-state index in [2.05, 4.69) is 20.6 Å². The summed E-state index contributed by atoms with van der Waals surface area (Å²) in [5.41, 5.74) is 8.22. The summed E-state index contributed by atoms with van der Waals surface area (Å²) in [6.07, 6.45) is -4.27. The van der Waals surface area contributed by atoms with Gasteiger partial charge in [-0.15, -0.1) is 0 Å². The molecule has 4 rings (SSSR count). The summed E-state index contributed by atoms with van der Waals surface area (Å²) in [7, 11) is 4.97. The quantitative estimate of drug-likeness (QED) is 0.227. The van der Waals surface area contributed by atoms with Crippen molar-refractivity contribution in [3.05, 3.63) is 77.1 Å². The van der Waals surface area contributed by atoms with Crippen LogP contribution in [0.15, 0.2) is 54.6 Å². The van der Waals surface area contributed by atoms with E-state index in [-0.39, 0.29) is 18.0 Å². The minimum Gasteiger partial charge on any atom is -0.495 e. The molecule has 0 aliphatic heterocycles. The predicted octanol–water partition coefficient (Wildman–Crippen LogP) is 6.10. The van der Waals surface area contributed by atoms with Gasteiger partial charge in [0.05, 0.1) is 36.3 Å². The highest BCUT2D eigenvalue weighted by molar-refractivity contribution is 5.92. The van der Waals surface area contributed by atoms with Crippen LogP contribution in [-0.2, 0) is 17.4 Å². The Labute approximate surface area is 230 Å². The first-order valence-corrected chi connectivity index (χ1v) is 12.5. The number of nitrogens with one attached hydrogen (secondary N) is 2. The van der Waals surface area contributed by atoms with Gasteiger partial charge >= 0.3 is 6.18 Å². The van der Waals surface area contributed by atoms with E-state index in [0.29, 0.717) is 45.2 Å². The van der Waals surface area contributed by atoms with Gasteiger partial charge in [0, 0.05) is 30.9 Å². The molecule has 0 unspecified atom stereocenters. The molecule has 11 heteroatoms. The fourth-order valence-corrected chi connectivity index (χ4v) is 4.26. The van der Waals surface area contributed by atoms with E-state index in [0.717, 1.165) is 17.7 Å². The first kappa shape index (κ1) is 28.5. The number of hydrogen-bond acceptors (Lipinski definition) is 7. The van der Waals surface area contributed by atoms with Crippen LogP contribution < -0.4 is 21.1 Å². The lowest BCUT2D eigenvalue weighted by Crippen LogP contribution is -2.23. The molecule has 210 valence electrons. The van der Waals surface area contributed by atoms with E-state index in [4.69, 9.17) is 10.5 Å². The zero-order chi connectivity index (χ0) is 29.2. The number of likely N-dealkylation sites (N-methyl/N-ethyl adjacent to an activating group) is 1. The number of amides is 1. The van der Waals surface area contributed by atoms with Crippen LogP contribution in [0.5, 0.6) is 5.75 Å². The topological polar surface area (TPSA) is 105 Å². The molecule has 1 amide bonds. The van der Waals surface area contributed by atoms with Crippen LogP contribution in [0.1, 0.15) is 35.5 Å². The summed E-state index contributed by atoms with van der Waals surface area (Å²) in [6, 6.07) is 14.0. The molecule has 4 aromatic rings. The molecule has 8 nitrogen and oxygen atoms in total. The second-order valence-electron chi connectivity index (χ2n) is 9.73. The molecule has 1 atom stereocenters. The number of fused-ring (bicyclic) bond motifs is 1. The summed E-state index contributed by atoms with van der Waals surface area (Å²) >= 11 is 0. The van der Waals surface area contributed by atoms with Gasteiger partial charge < -0.3 is 26.0 Å². The second kappa shape index (κ2) is 11.3. The molecular weight excluding hydrogens is 521 g/mol. The molecule has 0 saturated carbocycles. The predicted molar refractivity (Wildman–Crippen MR) is 151 cm³/mol. The van der Waals surface area contributed by atoms with E-state index in [9.17, 15) is 18.0 Å². The number of carbonyl (C=O) groups excluding carboxylic acids is 1. The SMILES string of the molecule is COc1ccc(CC(=O)N(C)C)cc1Nc1ccc2nc(C)nc(N[C@H](C)c3cc(N)cc(C(F)(F)F)c3)c2c1. The summed E-state index contributed by atoms with van der Waals surface area (Å²) in [5.74, 6) is 1.54.